The minimum Gasteiger partial charge on any atom is -0.404 e. The monoisotopic (exact) mass is 381 g/mol. The van der Waals surface area contributed by atoms with Gasteiger partial charge in [-0.3, -0.25) is 0 Å². The van der Waals surface area contributed by atoms with E-state index in [2.05, 4.69) is 27.6 Å². The van der Waals surface area contributed by atoms with Crippen molar-refractivity contribution >= 4 is 33.9 Å². The summed E-state index contributed by atoms with van der Waals surface area (Å²) in [6.45, 7) is 0. The molecule has 3 aromatic rings. The summed E-state index contributed by atoms with van der Waals surface area (Å²) < 4.78 is 6.26. The Bertz CT molecular complexity index is 765. The lowest BCUT2D eigenvalue weighted by Gasteiger charge is -2.02. The first-order chi connectivity index (χ1) is 9.22. The molecular weight excluding hydrogens is 373 g/mol. The van der Waals surface area contributed by atoms with Gasteiger partial charge in [-0.25, -0.2) is 9.78 Å². The smallest absolute Gasteiger partial charge is 0.339 e. The van der Waals surface area contributed by atoms with Crippen molar-refractivity contribution in [2.45, 2.75) is 0 Å². The normalized spacial score (nSPS) is 10.6. The second kappa shape index (κ2) is 5.26. The van der Waals surface area contributed by atoms with Gasteiger partial charge < -0.3 is 4.42 Å². The quantitative estimate of drug-likeness (QED) is 0.630. The Hall–Kier alpha value is -1.47. The molecule has 5 heteroatoms. The molecule has 94 valence electrons. The zero-order valence-electron chi connectivity index (χ0n) is 9.67. The van der Waals surface area contributed by atoms with Crippen molar-refractivity contribution in [1.29, 1.82) is 0 Å². The number of hydrogen-bond acceptors (Lipinski definition) is 4. The standard InChI is InChI=1S/C14H8INO2S/c15-10-4-1-3-9(7-10)14-16-11(8-13(17)18-14)12-5-2-6-19-12/h1-8H. The Kier molecular flexibility index (Phi) is 3.48. The van der Waals surface area contributed by atoms with Crippen molar-refractivity contribution in [1.82, 2.24) is 4.98 Å². The van der Waals surface area contributed by atoms with Crippen LogP contribution in [-0.2, 0) is 0 Å². The van der Waals surface area contributed by atoms with Gasteiger partial charge in [0.2, 0.25) is 5.89 Å². The lowest BCUT2D eigenvalue weighted by molar-refractivity contribution is 0.509. The van der Waals surface area contributed by atoms with Crippen LogP contribution in [0.15, 0.2) is 57.1 Å². The molecule has 0 radical (unpaired) electrons. The van der Waals surface area contributed by atoms with E-state index < -0.39 is 0 Å². The van der Waals surface area contributed by atoms with E-state index in [0.717, 1.165) is 14.0 Å². The molecule has 0 fully saturated rings. The van der Waals surface area contributed by atoms with E-state index in [1.54, 1.807) is 11.3 Å². The summed E-state index contributed by atoms with van der Waals surface area (Å²) in [7, 11) is 0. The molecule has 0 bridgehead atoms. The lowest BCUT2D eigenvalue weighted by Crippen LogP contribution is -2.01. The summed E-state index contributed by atoms with van der Waals surface area (Å²) in [6.07, 6.45) is 0. The topological polar surface area (TPSA) is 43.1 Å². The lowest BCUT2D eigenvalue weighted by atomic mass is 10.2. The third-order valence-electron chi connectivity index (χ3n) is 2.52. The van der Waals surface area contributed by atoms with Crippen molar-refractivity contribution in [3.8, 4) is 22.0 Å². The van der Waals surface area contributed by atoms with Crippen LogP contribution in [-0.4, -0.2) is 4.98 Å². The third-order valence-corrected chi connectivity index (χ3v) is 4.08. The van der Waals surface area contributed by atoms with Gasteiger partial charge in [0.15, 0.2) is 0 Å². The van der Waals surface area contributed by atoms with Crippen LogP contribution < -0.4 is 5.63 Å². The van der Waals surface area contributed by atoms with Crippen LogP contribution >= 0.6 is 33.9 Å². The fraction of sp³-hybridized carbons (Fsp3) is 0. The summed E-state index contributed by atoms with van der Waals surface area (Å²) in [6, 6.07) is 13.0. The maximum atomic E-state index is 11.7. The average Bonchev–Trinajstić information content (AvgIpc) is 2.92. The van der Waals surface area contributed by atoms with Gasteiger partial charge >= 0.3 is 5.63 Å². The van der Waals surface area contributed by atoms with E-state index in [4.69, 9.17) is 4.42 Å². The Labute approximate surface area is 127 Å². The van der Waals surface area contributed by atoms with Crippen LogP contribution in [0.3, 0.4) is 0 Å². The fourth-order valence-corrected chi connectivity index (χ4v) is 2.93. The van der Waals surface area contributed by atoms with Crippen molar-refractivity contribution < 1.29 is 4.42 Å². The summed E-state index contributed by atoms with van der Waals surface area (Å²) in [5, 5.41) is 1.96. The van der Waals surface area contributed by atoms with E-state index in [0.29, 0.717) is 11.6 Å². The third kappa shape index (κ3) is 2.76. The zero-order chi connectivity index (χ0) is 13.2. The number of rotatable bonds is 2. The largest absolute Gasteiger partial charge is 0.404 e. The first kappa shape index (κ1) is 12.6. The number of nitrogens with zero attached hydrogens (tertiary/aromatic N) is 1. The van der Waals surface area contributed by atoms with Crippen LogP contribution in [0.25, 0.3) is 22.0 Å². The Morgan fingerprint density at radius 2 is 2.05 bits per heavy atom. The molecule has 0 saturated carbocycles. The highest BCUT2D eigenvalue weighted by atomic mass is 127. The van der Waals surface area contributed by atoms with Gasteiger partial charge in [-0.2, -0.15) is 0 Å². The van der Waals surface area contributed by atoms with Gasteiger partial charge in [-0.15, -0.1) is 11.3 Å². The zero-order valence-corrected chi connectivity index (χ0v) is 12.6. The van der Waals surface area contributed by atoms with E-state index in [1.165, 1.54) is 6.07 Å². The first-order valence-electron chi connectivity index (χ1n) is 5.54. The molecule has 0 aliphatic rings. The molecule has 1 aromatic carbocycles. The van der Waals surface area contributed by atoms with E-state index >= 15 is 0 Å². The fourth-order valence-electron chi connectivity index (χ4n) is 1.70. The molecule has 0 unspecified atom stereocenters. The van der Waals surface area contributed by atoms with E-state index in [1.807, 2.05) is 41.8 Å². The van der Waals surface area contributed by atoms with E-state index in [-0.39, 0.29) is 5.63 Å². The molecule has 3 rings (SSSR count). The van der Waals surface area contributed by atoms with E-state index in [9.17, 15) is 4.79 Å². The summed E-state index contributed by atoms with van der Waals surface area (Å²) in [5.41, 5.74) is 1.08. The van der Waals surface area contributed by atoms with Gasteiger partial charge in [0.1, 0.15) is 0 Å². The van der Waals surface area contributed by atoms with Crippen molar-refractivity contribution in [3.63, 3.8) is 0 Å². The van der Waals surface area contributed by atoms with Gasteiger partial charge in [0, 0.05) is 9.13 Å². The van der Waals surface area contributed by atoms with Crippen LogP contribution in [0.4, 0.5) is 0 Å². The highest BCUT2D eigenvalue weighted by molar-refractivity contribution is 14.1. The Morgan fingerprint density at radius 3 is 2.79 bits per heavy atom. The summed E-state index contributed by atoms with van der Waals surface area (Å²) in [5.74, 6) is 0.356. The van der Waals surface area contributed by atoms with Gasteiger partial charge in [-0.1, -0.05) is 12.1 Å². The van der Waals surface area contributed by atoms with Crippen LogP contribution in [0.5, 0.6) is 0 Å². The Balaban J connectivity index is 2.15. The first-order valence-corrected chi connectivity index (χ1v) is 7.50. The van der Waals surface area contributed by atoms with Gasteiger partial charge in [0.05, 0.1) is 16.6 Å². The minimum atomic E-state index is -0.382. The highest BCUT2D eigenvalue weighted by Crippen LogP contribution is 2.25. The van der Waals surface area contributed by atoms with Crippen molar-refractivity contribution in [3.05, 3.63) is 61.8 Å². The average molecular weight is 381 g/mol. The second-order valence-corrected chi connectivity index (χ2v) is 6.05. The molecule has 2 heterocycles. The molecule has 3 nitrogen and oxygen atoms in total. The van der Waals surface area contributed by atoms with Gasteiger partial charge in [-0.05, 0) is 52.2 Å². The molecule has 0 saturated heterocycles. The number of benzene rings is 1. The van der Waals surface area contributed by atoms with Crippen LogP contribution in [0.1, 0.15) is 0 Å². The molecule has 0 aliphatic carbocycles. The minimum absolute atomic E-state index is 0.356. The molecule has 0 amide bonds. The second-order valence-electron chi connectivity index (χ2n) is 3.86. The van der Waals surface area contributed by atoms with Crippen LogP contribution in [0.2, 0.25) is 0 Å². The number of hydrogen-bond donors (Lipinski definition) is 0. The molecule has 0 N–H and O–H groups in total. The maximum absolute atomic E-state index is 11.7. The molecule has 0 aliphatic heterocycles. The van der Waals surface area contributed by atoms with Gasteiger partial charge in [0.25, 0.3) is 0 Å². The predicted octanol–water partition coefficient (Wildman–Crippen LogP) is 4.03. The Morgan fingerprint density at radius 1 is 1.16 bits per heavy atom. The molecule has 19 heavy (non-hydrogen) atoms. The highest BCUT2D eigenvalue weighted by Gasteiger charge is 2.09. The number of halogens is 1. The maximum Gasteiger partial charge on any atom is 0.339 e. The number of aromatic nitrogens is 1. The molecular formula is C14H8INO2S. The summed E-state index contributed by atoms with van der Waals surface area (Å²) in [4.78, 5) is 17.0. The molecule has 2 aromatic heterocycles. The van der Waals surface area contributed by atoms with Crippen molar-refractivity contribution in [2.24, 2.45) is 0 Å². The molecule has 0 atom stereocenters. The number of thiophene rings is 1. The molecule has 0 spiro atoms. The summed E-state index contributed by atoms with van der Waals surface area (Å²) >= 11 is 3.76. The van der Waals surface area contributed by atoms with Crippen molar-refractivity contribution in [2.75, 3.05) is 0 Å². The van der Waals surface area contributed by atoms with Crippen LogP contribution in [0, 0.1) is 3.57 Å². The predicted molar refractivity (Wildman–Crippen MR) is 84.2 cm³/mol. The SMILES string of the molecule is O=c1cc(-c2cccs2)nc(-c2cccc(I)c2)o1.